The first-order valence-corrected chi connectivity index (χ1v) is 6.91. The summed E-state index contributed by atoms with van der Waals surface area (Å²) in [5.74, 6) is 1.08. The summed E-state index contributed by atoms with van der Waals surface area (Å²) < 4.78 is 0. The highest BCUT2D eigenvalue weighted by atomic mass is 14.6. The van der Waals surface area contributed by atoms with Gasteiger partial charge < -0.3 is 0 Å². The molecule has 4 fully saturated rings. The third kappa shape index (κ3) is 1.85. The first kappa shape index (κ1) is 11.5. The van der Waals surface area contributed by atoms with Gasteiger partial charge in [-0.3, -0.25) is 0 Å². The lowest BCUT2D eigenvalue weighted by molar-refractivity contribution is -0.136. The number of rotatable bonds is 0. The van der Waals surface area contributed by atoms with E-state index in [4.69, 9.17) is 0 Å². The summed E-state index contributed by atoms with van der Waals surface area (Å²) in [5, 5.41) is 0. The second-order valence-electron chi connectivity index (χ2n) is 7.44. The van der Waals surface area contributed by atoms with Gasteiger partial charge in [0.1, 0.15) is 0 Å². The Labute approximate surface area is 95.8 Å². The average Bonchev–Trinajstić information content (AvgIpc) is 1.97. The smallest absolute Gasteiger partial charge is 0.0313 e. The molecule has 0 unspecified atom stereocenters. The largest absolute Gasteiger partial charge is 0.0683 e. The summed E-state index contributed by atoms with van der Waals surface area (Å²) in [6, 6.07) is 0. The van der Waals surface area contributed by atoms with Gasteiger partial charge in [-0.05, 0) is 60.7 Å². The van der Waals surface area contributed by atoms with Crippen molar-refractivity contribution < 1.29 is 0 Å². The van der Waals surface area contributed by atoms with Gasteiger partial charge in [0.05, 0.1) is 0 Å². The van der Waals surface area contributed by atoms with Crippen LogP contribution in [0, 0.1) is 22.2 Å². The molecule has 4 aliphatic rings. The molecule has 0 radical (unpaired) electrons. The zero-order chi connectivity index (χ0) is 11.3. The lowest BCUT2D eigenvalue weighted by Gasteiger charge is -2.64. The lowest BCUT2D eigenvalue weighted by atomic mass is 9.41. The Bertz CT molecular complexity index is 202. The van der Waals surface area contributed by atoms with Crippen molar-refractivity contribution in [3.8, 4) is 0 Å². The van der Waals surface area contributed by atoms with Crippen molar-refractivity contribution in [2.45, 2.75) is 73.1 Å². The molecule has 0 aliphatic heterocycles. The molecule has 0 amide bonds. The van der Waals surface area contributed by atoms with Gasteiger partial charge >= 0.3 is 0 Å². The van der Waals surface area contributed by atoms with E-state index < -0.39 is 0 Å². The van der Waals surface area contributed by atoms with Gasteiger partial charge in [0.2, 0.25) is 0 Å². The van der Waals surface area contributed by atoms with Crippen LogP contribution in [0.4, 0.5) is 0 Å². The molecule has 4 bridgehead atoms. The highest BCUT2D eigenvalue weighted by molar-refractivity contribution is 5.08. The molecule has 15 heavy (non-hydrogen) atoms. The van der Waals surface area contributed by atoms with E-state index in [9.17, 15) is 0 Å². The summed E-state index contributed by atoms with van der Waals surface area (Å²) >= 11 is 0. The van der Waals surface area contributed by atoms with E-state index in [-0.39, 0.29) is 0 Å². The summed E-state index contributed by atoms with van der Waals surface area (Å²) in [6.45, 7) is 11.6. The topological polar surface area (TPSA) is 0 Å². The summed E-state index contributed by atoms with van der Waals surface area (Å²) in [4.78, 5) is 0. The first-order chi connectivity index (χ1) is 6.91. The zero-order valence-electron chi connectivity index (χ0n) is 11.3. The van der Waals surface area contributed by atoms with Crippen LogP contribution in [0.1, 0.15) is 73.1 Å². The number of hydrogen-bond acceptors (Lipinski definition) is 0. The fraction of sp³-hybridized carbons (Fsp3) is 1.00. The molecule has 0 aromatic heterocycles. The van der Waals surface area contributed by atoms with Crippen LogP contribution in [0.5, 0.6) is 0 Å². The Morgan fingerprint density at radius 2 is 0.933 bits per heavy atom. The highest BCUT2D eigenvalue weighted by Gasteiger charge is 2.58. The van der Waals surface area contributed by atoms with Crippen LogP contribution in [0.3, 0.4) is 0 Å². The Kier molecular flexibility index (Phi) is 2.48. The molecule has 0 aromatic rings. The SMILES string of the molecule is CC.CC12CC3CC(C)(C1)CC(C)(C3)C2. The van der Waals surface area contributed by atoms with Crippen molar-refractivity contribution in [2.75, 3.05) is 0 Å². The molecule has 88 valence electrons. The van der Waals surface area contributed by atoms with E-state index in [0.717, 1.165) is 22.2 Å². The summed E-state index contributed by atoms with van der Waals surface area (Å²) in [6.07, 6.45) is 9.18. The summed E-state index contributed by atoms with van der Waals surface area (Å²) in [7, 11) is 0. The van der Waals surface area contributed by atoms with E-state index in [2.05, 4.69) is 20.8 Å². The third-order valence-electron chi connectivity index (χ3n) is 4.91. The minimum atomic E-state index is 0.725. The molecular weight excluding hydrogens is 180 g/mol. The van der Waals surface area contributed by atoms with Crippen LogP contribution in [-0.2, 0) is 0 Å². The molecule has 0 heteroatoms. The third-order valence-corrected chi connectivity index (χ3v) is 4.91. The van der Waals surface area contributed by atoms with Gasteiger partial charge in [-0.25, -0.2) is 0 Å². The maximum absolute atomic E-state index is 2.55. The fourth-order valence-electron chi connectivity index (χ4n) is 6.02. The Hall–Kier alpha value is 0. The molecular formula is C15H28. The predicted octanol–water partition coefficient (Wildman–Crippen LogP) is 5.03. The fourth-order valence-corrected chi connectivity index (χ4v) is 6.02. The van der Waals surface area contributed by atoms with Crippen molar-refractivity contribution in [3.05, 3.63) is 0 Å². The van der Waals surface area contributed by atoms with Crippen LogP contribution in [0.2, 0.25) is 0 Å². The van der Waals surface area contributed by atoms with Gasteiger partial charge in [-0.2, -0.15) is 0 Å². The molecule has 0 atom stereocenters. The van der Waals surface area contributed by atoms with Crippen LogP contribution in [0.15, 0.2) is 0 Å². The van der Waals surface area contributed by atoms with E-state index in [1.807, 2.05) is 13.8 Å². The molecule has 4 saturated carbocycles. The van der Waals surface area contributed by atoms with E-state index in [1.165, 1.54) is 38.5 Å². The number of hydrogen-bond donors (Lipinski definition) is 0. The molecule has 0 saturated heterocycles. The molecule has 0 aromatic carbocycles. The Morgan fingerprint density at radius 3 is 1.13 bits per heavy atom. The Morgan fingerprint density at radius 1 is 0.667 bits per heavy atom. The normalized spacial score (nSPS) is 56.2. The van der Waals surface area contributed by atoms with Gasteiger partial charge in [-0.1, -0.05) is 34.6 Å². The molecule has 0 spiro atoms. The van der Waals surface area contributed by atoms with E-state index in [1.54, 1.807) is 0 Å². The second kappa shape index (κ2) is 3.25. The lowest BCUT2D eigenvalue weighted by Crippen LogP contribution is -2.53. The standard InChI is InChI=1S/C13H22.C2H6/c1-11-4-10-5-12(2,7-11)9-13(3,6-10)8-11;1-2/h10H,4-9H2,1-3H3;1-2H3. The zero-order valence-corrected chi connectivity index (χ0v) is 11.3. The monoisotopic (exact) mass is 208 g/mol. The Balaban J connectivity index is 0.000000404. The van der Waals surface area contributed by atoms with Gasteiger partial charge in [0.25, 0.3) is 0 Å². The first-order valence-electron chi connectivity index (χ1n) is 6.91. The van der Waals surface area contributed by atoms with Gasteiger partial charge in [-0.15, -0.1) is 0 Å². The molecule has 4 aliphatic carbocycles. The average molecular weight is 208 g/mol. The molecule has 0 N–H and O–H groups in total. The van der Waals surface area contributed by atoms with Crippen molar-refractivity contribution in [1.29, 1.82) is 0 Å². The molecule has 4 rings (SSSR count). The minimum Gasteiger partial charge on any atom is -0.0683 e. The molecule has 0 heterocycles. The van der Waals surface area contributed by atoms with Gasteiger partial charge in [0, 0.05) is 0 Å². The van der Waals surface area contributed by atoms with Gasteiger partial charge in [0.15, 0.2) is 0 Å². The van der Waals surface area contributed by atoms with Crippen molar-refractivity contribution in [2.24, 2.45) is 22.2 Å². The van der Waals surface area contributed by atoms with Crippen molar-refractivity contribution in [1.82, 2.24) is 0 Å². The molecule has 0 nitrogen and oxygen atoms in total. The van der Waals surface area contributed by atoms with Crippen LogP contribution >= 0.6 is 0 Å². The van der Waals surface area contributed by atoms with E-state index >= 15 is 0 Å². The maximum Gasteiger partial charge on any atom is -0.0313 e. The quantitative estimate of drug-likeness (QED) is 0.524. The maximum atomic E-state index is 2.55. The minimum absolute atomic E-state index is 0.725. The van der Waals surface area contributed by atoms with Crippen molar-refractivity contribution in [3.63, 3.8) is 0 Å². The van der Waals surface area contributed by atoms with Crippen molar-refractivity contribution >= 4 is 0 Å². The summed E-state index contributed by atoms with van der Waals surface area (Å²) in [5.41, 5.74) is 2.18. The van der Waals surface area contributed by atoms with E-state index in [0.29, 0.717) is 0 Å². The van der Waals surface area contributed by atoms with Crippen LogP contribution in [0.25, 0.3) is 0 Å². The second-order valence-corrected chi connectivity index (χ2v) is 7.44. The highest BCUT2D eigenvalue weighted by Crippen LogP contribution is 2.69. The predicted molar refractivity (Wildman–Crippen MR) is 66.9 cm³/mol. The van der Waals surface area contributed by atoms with Crippen LogP contribution in [-0.4, -0.2) is 0 Å². The van der Waals surface area contributed by atoms with Crippen LogP contribution < -0.4 is 0 Å².